The third-order valence-corrected chi connectivity index (χ3v) is 13.8. The van der Waals surface area contributed by atoms with Gasteiger partial charge in [0.25, 0.3) is 0 Å². The zero-order chi connectivity index (χ0) is 38.0. The first-order valence-corrected chi connectivity index (χ1v) is 20.7. The lowest BCUT2D eigenvalue weighted by Gasteiger charge is -2.46. The van der Waals surface area contributed by atoms with Gasteiger partial charge in [0.1, 0.15) is 11.2 Å². The Morgan fingerprint density at radius 2 is 1.00 bits per heavy atom. The molecule has 0 bridgehead atoms. The third-order valence-electron chi connectivity index (χ3n) is 12.7. The Kier molecular flexibility index (Phi) is 6.62. The van der Waals surface area contributed by atoms with Gasteiger partial charge in [0.05, 0.1) is 11.1 Å². The van der Waals surface area contributed by atoms with E-state index in [1.807, 2.05) is 11.8 Å². The fraction of sp³-hybridized carbons (Fsp3) is 0.0182. The molecule has 270 valence electrons. The molecule has 2 heterocycles. The average molecular weight is 756 g/mol. The van der Waals surface area contributed by atoms with Crippen molar-refractivity contribution in [3.05, 3.63) is 222 Å². The maximum Gasteiger partial charge on any atom is 0.137 e. The Balaban J connectivity index is 1.11. The molecule has 13 rings (SSSR count). The molecule has 1 unspecified atom stereocenters. The first-order chi connectivity index (χ1) is 28.7. The highest BCUT2D eigenvalue weighted by atomic mass is 32.2. The molecule has 10 aromatic carbocycles. The summed E-state index contributed by atoms with van der Waals surface area (Å²) in [4.78, 5) is 5.00. The summed E-state index contributed by atoms with van der Waals surface area (Å²) < 4.78 is 6.70. The van der Waals surface area contributed by atoms with Gasteiger partial charge in [0.15, 0.2) is 0 Å². The number of anilines is 3. The molecule has 58 heavy (non-hydrogen) atoms. The van der Waals surface area contributed by atoms with Gasteiger partial charge in [-0.3, -0.25) is 0 Å². The SMILES string of the molecule is c1ccc2c(c1)Sc1ccc(N(c3ccc4c(c3)oc3cc5ccccc5cc34)c3cccc4ccccc34)cc1C21c2ccccc2-c2cccc3cccc1c23. The fourth-order valence-electron chi connectivity index (χ4n) is 10.2. The van der Waals surface area contributed by atoms with Crippen molar-refractivity contribution in [2.45, 2.75) is 15.2 Å². The van der Waals surface area contributed by atoms with Crippen LogP contribution in [0.4, 0.5) is 17.1 Å². The Morgan fingerprint density at radius 1 is 0.379 bits per heavy atom. The predicted octanol–water partition coefficient (Wildman–Crippen LogP) is 15.3. The fourth-order valence-corrected chi connectivity index (χ4v) is 11.4. The zero-order valence-corrected chi connectivity index (χ0v) is 32.1. The van der Waals surface area contributed by atoms with E-state index in [1.54, 1.807) is 0 Å². The lowest BCUT2D eigenvalue weighted by molar-refractivity contribution is 0.669. The number of hydrogen-bond acceptors (Lipinski definition) is 3. The van der Waals surface area contributed by atoms with Crippen LogP contribution in [0.25, 0.3) is 65.4 Å². The summed E-state index contributed by atoms with van der Waals surface area (Å²) in [6, 6.07) is 74.0. The summed E-state index contributed by atoms with van der Waals surface area (Å²) in [5.74, 6) is 0. The normalized spacial score (nSPS) is 15.2. The molecule has 1 aliphatic carbocycles. The molecule has 1 aromatic heterocycles. The molecule has 0 saturated carbocycles. The highest BCUT2D eigenvalue weighted by Crippen LogP contribution is 2.62. The molecule has 2 aliphatic rings. The molecule has 1 aliphatic heterocycles. The minimum atomic E-state index is -0.549. The van der Waals surface area contributed by atoms with Crippen LogP contribution in [0.2, 0.25) is 0 Å². The van der Waals surface area contributed by atoms with Gasteiger partial charge in [-0.25, -0.2) is 0 Å². The Morgan fingerprint density at radius 3 is 1.91 bits per heavy atom. The van der Waals surface area contributed by atoms with Gasteiger partial charge in [-0.15, -0.1) is 0 Å². The predicted molar refractivity (Wildman–Crippen MR) is 242 cm³/mol. The molecule has 3 heteroatoms. The standard InChI is InChI=1S/C55H33NOS/c1-2-14-37-31-50-44(30-36(37)13-1)42-28-26-39(33-51(42)57-50)56(49-24-11-15-34-12-3-4-18-40(34)49)38-27-29-53-48(32-38)55(46-22-7-8-25-52(46)58-53)45-21-6-5-19-41(45)43-20-9-16-35-17-10-23-47(55)54(35)43/h1-33H. The first kappa shape index (κ1) is 32.1. The van der Waals surface area contributed by atoms with Crippen molar-refractivity contribution in [1.29, 1.82) is 0 Å². The highest BCUT2D eigenvalue weighted by molar-refractivity contribution is 7.99. The number of furan rings is 1. The average Bonchev–Trinajstić information content (AvgIpc) is 3.63. The number of fused-ring (bicyclic) bond motifs is 13. The molecule has 1 atom stereocenters. The maximum atomic E-state index is 6.70. The molecular weight excluding hydrogens is 723 g/mol. The lowest BCUT2D eigenvalue weighted by atomic mass is 9.59. The number of benzene rings is 10. The van der Waals surface area contributed by atoms with Crippen molar-refractivity contribution in [2.24, 2.45) is 0 Å². The summed E-state index contributed by atoms with van der Waals surface area (Å²) in [7, 11) is 0. The van der Waals surface area contributed by atoms with Crippen LogP contribution in [-0.2, 0) is 5.41 Å². The van der Waals surface area contributed by atoms with Crippen molar-refractivity contribution in [1.82, 2.24) is 0 Å². The molecule has 11 aromatic rings. The summed E-state index contributed by atoms with van der Waals surface area (Å²) in [5.41, 5.74) is 12.3. The third kappa shape index (κ3) is 4.34. The summed E-state index contributed by atoms with van der Waals surface area (Å²) in [6.07, 6.45) is 0. The van der Waals surface area contributed by atoms with Gasteiger partial charge in [0.2, 0.25) is 0 Å². The smallest absolute Gasteiger partial charge is 0.137 e. The van der Waals surface area contributed by atoms with Crippen LogP contribution in [0.5, 0.6) is 0 Å². The Bertz CT molecular complexity index is 3510. The van der Waals surface area contributed by atoms with Gasteiger partial charge in [0, 0.05) is 43.4 Å². The van der Waals surface area contributed by atoms with E-state index in [9.17, 15) is 0 Å². The highest BCUT2D eigenvalue weighted by Gasteiger charge is 2.48. The molecule has 0 saturated heterocycles. The number of hydrogen-bond donors (Lipinski definition) is 0. The van der Waals surface area contributed by atoms with E-state index >= 15 is 0 Å². The Labute approximate surface area is 339 Å². The second-order valence-electron chi connectivity index (χ2n) is 15.6. The van der Waals surface area contributed by atoms with Crippen molar-refractivity contribution in [3.8, 4) is 11.1 Å². The van der Waals surface area contributed by atoms with Crippen molar-refractivity contribution < 1.29 is 4.42 Å². The van der Waals surface area contributed by atoms with Gasteiger partial charge in [-0.1, -0.05) is 151 Å². The van der Waals surface area contributed by atoms with Crippen LogP contribution in [0.15, 0.2) is 214 Å². The van der Waals surface area contributed by atoms with Gasteiger partial charge in [-0.2, -0.15) is 0 Å². The summed E-state index contributed by atoms with van der Waals surface area (Å²) >= 11 is 1.88. The van der Waals surface area contributed by atoms with E-state index in [1.165, 1.54) is 75.5 Å². The first-order valence-electron chi connectivity index (χ1n) is 19.9. The maximum absolute atomic E-state index is 6.70. The van der Waals surface area contributed by atoms with Gasteiger partial charge in [-0.05, 0) is 115 Å². The van der Waals surface area contributed by atoms with Crippen LogP contribution in [0, 0.1) is 0 Å². The summed E-state index contributed by atoms with van der Waals surface area (Å²) in [6.45, 7) is 0. The quantitative estimate of drug-likeness (QED) is 0.179. The van der Waals surface area contributed by atoms with Crippen LogP contribution < -0.4 is 4.90 Å². The monoisotopic (exact) mass is 755 g/mol. The summed E-state index contributed by atoms with van der Waals surface area (Å²) in [5, 5.41) is 9.62. The molecular formula is C55H33NOS. The van der Waals surface area contributed by atoms with E-state index in [0.717, 1.165) is 39.0 Å². The molecule has 2 nitrogen and oxygen atoms in total. The molecule has 1 spiro atoms. The van der Waals surface area contributed by atoms with Crippen molar-refractivity contribution >= 4 is 83.1 Å². The molecule has 0 amide bonds. The minimum absolute atomic E-state index is 0.549. The molecule has 0 radical (unpaired) electrons. The largest absolute Gasteiger partial charge is 0.456 e. The van der Waals surface area contributed by atoms with Crippen LogP contribution >= 0.6 is 11.8 Å². The van der Waals surface area contributed by atoms with E-state index < -0.39 is 5.41 Å². The van der Waals surface area contributed by atoms with Crippen LogP contribution in [-0.4, -0.2) is 0 Å². The zero-order valence-electron chi connectivity index (χ0n) is 31.3. The van der Waals surface area contributed by atoms with Gasteiger partial charge >= 0.3 is 0 Å². The molecule has 0 fully saturated rings. The topological polar surface area (TPSA) is 16.4 Å². The van der Waals surface area contributed by atoms with Crippen LogP contribution in [0.3, 0.4) is 0 Å². The number of rotatable bonds is 3. The second-order valence-corrected chi connectivity index (χ2v) is 16.7. The van der Waals surface area contributed by atoms with Crippen molar-refractivity contribution in [3.63, 3.8) is 0 Å². The molecule has 0 N–H and O–H groups in total. The van der Waals surface area contributed by atoms with E-state index in [-0.39, 0.29) is 0 Å². The second kappa shape index (κ2) is 12.0. The van der Waals surface area contributed by atoms with E-state index in [2.05, 4.69) is 205 Å². The van der Waals surface area contributed by atoms with Crippen LogP contribution in [0.1, 0.15) is 22.3 Å². The lowest BCUT2D eigenvalue weighted by Crippen LogP contribution is -2.36. The minimum Gasteiger partial charge on any atom is -0.456 e. The Hall–Kier alpha value is -7.07. The van der Waals surface area contributed by atoms with E-state index in [4.69, 9.17) is 4.42 Å². The van der Waals surface area contributed by atoms with Crippen molar-refractivity contribution in [2.75, 3.05) is 4.90 Å². The number of nitrogens with zero attached hydrogens (tertiary/aromatic N) is 1. The van der Waals surface area contributed by atoms with E-state index in [0.29, 0.717) is 0 Å². The van der Waals surface area contributed by atoms with Gasteiger partial charge < -0.3 is 9.32 Å².